The molecule has 1 fully saturated rings. The van der Waals surface area contributed by atoms with E-state index >= 15 is 0 Å². The summed E-state index contributed by atoms with van der Waals surface area (Å²) in [4.78, 5) is 11.5. The SMILES string of the molecule is C=C(C)C(=O)OC1(C(O)(C(F)(F)F)C(F)(F)F)CCCCC1. The third-order valence-electron chi connectivity index (χ3n) is 3.78. The Bertz CT molecular complexity index is 432. The van der Waals surface area contributed by atoms with Crippen molar-refractivity contribution in [3.8, 4) is 0 Å². The number of ether oxygens (including phenoxy) is 1. The Morgan fingerprint density at radius 3 is 1.77 bits per heavy atom. The van der Waals surface area contributed by atoms with Crippen molar-refractivity contribution < 1.29 is 41.0 Å². The van der Waals surface area contributed by atoms with Crippen LogP contribution in [0.15, 0.2) is 12.2 Å². The normalized spacial score (nSPS) is 19.6. The second-order valence-corrected chi connectivity index (χ2v) is 5.43. The van der Waals surface area contributed by atoms with E-state index in [0.29, 0.717) is 6.42 Å². The monoisotopic (exact) mass is 334 g/mol. The summed E-state index contributed by atoms with van der Waals surface area (Å²) in [6.45, 7) is 4.24. The first kappa shape index (κ1) is 18.8. The number of carbonyl (C=O) groups excluding carboxylic acids is 1. The van der Waals surface area contributed by atoms with Crippen LogP contribution in [0.25, 0.3) is 0 Å². The van der Waals surface area contributed by atoms with E-state index in [-0.39, 0.29) is 18.4 Å². The predicted octanol–water partition coefficient (Wildman–Crippen LogP) is 3.66. The van der Waals surface area contributed by atoms with Gasteiger partial charge in [-0.2, -0.15) is 26.3 Å². The summed E-state index contributed by atoms with van der Waals surface area (Å²) in [5, 5.41) is 9.63. The highest BCUT2D eigenvalue weighted by atomic mass is 19.4. The first-order valence-corrected chi connectivity index (χ1v) is 6.53. The average molecular weight is 334 g/mol. The molecule has 3 nitrogen and oxygen atoms in total. The molecule has 0 heterocycles. The van der Waals surface area contributed by atoms with E-state index in [1.165, 1.54) is 0 Å². The van der Waals surface area contributed by atoms with Gasteiger partial charge in [0.2, 0.25) is 0 Å². The molecular weight excluding hydrogens is 318 g/mol. The Hall–Kier alpha value is -1.25. The van der Waals surface area contributed by atoms with Crippen molar-refractivity contribution in [2.24, 2.45) is 0 Å². The lowest BCUT2D eigenvalue weighted by molar-refractivity contribution is -0.415. The van der Waals surface area contributed by atoms with Crippen LogP contribution in [0.1, 0.15) is 39.0 Å². The molecule has 1 aliphatic rings. The van der Waals surface area contributed by atoms with Crippen molar-refractivity contribution >= 4 is 5.97 Å². The average Bonchev–Trinajstić information content (AvgIpc) is 2.35. The van der Waals surface area contributed by atoms with E-state index in [4.69, 9.17) is 0 Å². The molecule has 1 saturated carbocycles. The molecule has 0 bridgehead atoms. The van der Waals surface area contributed by atoms with Gasteiger partial charge in [0.1, 0.15) is 0 Å². The minimum Gasteiger partial charge on any atom is -0.452 e. The summed E-state index contributed by atoms with van der Waals surface area (Å²) in [7, 11) is 0. The fourth-order valence-electron chi connectivity index (χ4n) is 2.60. The fraction of sp³-hybridized carbons (Fsp3) is 0.769. The smallest absolute Gasteiger partial charge is 0.430 e. The van der Waals surface area contributed by atoms with E-state index < -0.39 is 42.4 Å². The van der Waals surface area contributed by atoms with Gasteiger partial charge in [-0.05, 0) is 32.6 Å². The molecule has 9 heteroatoms. The number of esters is 1. The molecule has 0 spiro atoms. The second kappa shape index (κ2) is 5.75. The number of hydrogen-bond acceptors (Lipinski definition) is 3. The first-order chi connectivity index (χ1) is 9.78. The van der Waals surface area contributed by atoms with Crippen LogP contribution in [-0.2, 0) is 9.53 Å². The zero-order valence-electron chi connectivity index (χ0n) is 11.8. The molecule has 0 amide bonds. The largest absolute Gasteiger partial charge is 0.452 e. The fourth-order valence-corrected chi connectivity index (χ4v) is 2.60. The Morgan fingerprint density at radius 1 is 1.05 bits per heavy atom. The zero-order chi connectivity index (χ0) is 17.4. The number of rotatable bonds is 3. The molecule has 1 aliphatic carbocycles. The lowest BCUT2D eigenvalue weighted by Crippen LogP contribution is -2.72. The van der Waals surface area contributed by atoms with Crippen LogP contribution in [0.4, 0.5) is 26.3 Å². The summed E-state index contributed by atoms with van der Waals surface area (Å²) in [5.74, 6) is -1.39. The molecule has 0 atom stereocenters. The molecule has 22 heavy (non-hydrogen) atoms. The van der Waals surface area contributed by atoms with Gasteiger partial charge in [-0.3, -0.25) is 0 Å². The minimum atomic E-state index is -6.04. The summed E-state index contributed by atoms with van der Waals surface area (Å²) >= 11 is 0. The van der Waals surface area contributed by atoms with E-state index in [0.717, 1.165) is 6.92 Å². The van der Waals surface area contributed by atoms with Crippen molar-refractivity contribution in [2.75, 3.05) is 0 Å². The van der Waals surface area contributed by atoms with Gasteiger partial charge in [0.05, 0.1) is 0 Å². The van der Waals surface area contributed by atoms with Crippen LogP contribution in [0, 0.1) is 0 Å². The highest BCUT2D eigenvalue weighted by molar-refractivity contribution is 5.87. The van der Waals surface area contributed by atoms with Gasteiger partial charge >= 0.3 is 18.3 Å². The molecule has 0 aliphatic heterocycles. The van der Waals surface area contributed by atoms with Gasteiger partial charge in [0, 0.05) is 5.57 Å². The van der Waals surface area contributed by atoms with Crippen LogP contribution in [0.5, 0.6) is 0 Å². The molecule has 0 saturated heterocycles. The third kappa shape index (κ3) is 2.95. The molecule has 0 unspecified atom stereocenters. The van der Waals surface area contributed by atoms with Gasteiger partial charge in [0.15, 0.2) is 5.60 Å². The Morgan fingerprint density at radius 2 is 1.45 bits per heavy atom. The minimum absolute atomic E-state index is 0.0298. The molecule has 128 valence electrons. The molecule has 0 aromatic rings. The summed E-state index contributed by atoms with van der Waals surface area (Å²) < 4.78 is 83.1. The number of aliphatic hydroxyl groups is 1. The predicted molar refractivity (Wildman–Crippen MR) is 63.8 cm³/mol. The summed E-state index contributed by atoms with van der Waals surface area (Å²) in [5.41, 5.74) is -8.58. The van der Waals surface area contributed by atoms with E-state index in [1.54, 1.807) is 0 Å². The standard InChI is InChI=1S/C13H16F6O3/c1-8(2)9(20)22-10(6-4-3-5-7-10)11(21,12(14,15)16)13(17,18)19/h21H,1,3-7H2,2H3. The topological polar surface area (TPSA) is 46.5 Å². The van der Waals surface area contributed by atoms with Crippen molar-refractivity contribution in [3.63, 3.8) is 0 Å². The summed E-state index contributed by atoms with van der Waals surface area (Å²) in [6, 6.07) is 0. The maximum Gasteiger partial charge on any atom is 0.430 e. The van der Waals surface area contributed by atoms with Crippen LogP contribution >= 0.6 is 0 Å². The van der Waals surface area contributed by atoms with Crippen molar-refractivity contribution in [1.82, 2.24) is 0 Å². The third-order valence-corrected chi connectivity index (χ3v) is 3.78. The van der Waals surface area contributed by atoms with E-state index in [9.17, 15) is 36.2 Å². The zero-order valence-corrected chi connectivity index (χ0v) is 11.8. The first-order valence-electron chi connectivity index (χ1n) is 6.53. The van der Waals surface area contributed by atoms with Gasteiger partial charge in [-0.15, -0.1) is 0 Å². The molecular formula is C13H16F6O3. The maximum absolute atomic E-state index is 13.1. The maximum atomic E-state index is 13.1. The Labute approximate surface area is 122 Å². The number of alkyl halides is 6. The molecule has 0 radical (unpaired) electrons. The highest BCUT2D eigenvalue weighted by Gasteiger charge is 2.81. The van der Waals surface area contributed by atoms with Gasteiger partial charge in [-0.25, -0.2) is 4.79 Å². The van der Waals surface area contributed by atoms with E-state index in [2.05, 4.69) is 11.3 Å². The summed E-state index contributed by atoms with van der Waals surface area (Å²) in [6.07, 6.45) is -13.2. The van der Waals surface area contributed by atoms with Gasteiger partial charge < -0.3 is 9.84 Å². The van der Waals surface area contributed by atoms with Crippen molar-refractivity contribution in [3.05, 3.63) is 12.2 Å². The Balaban J connectivity index is 3.46. The second-order valence-electron chi connectivity index (χ2n) is 5.43. The number of hydrogen-bond donors (Lipinski definition) is 1. The number of halogens is 6. The quantitative estimate of drug-likeness (QED) is 0.487. The van der Waals surface area contributed by atoms with Crippen molar-refractivity contribution in [2.45, 2.75) is 62.6 Å². The van der Waals surface area contributed by atoms with Crippen LogP contribution in [-0.4, -0.2) is 34.6 Å². The lowest BCUT2D eigenvalue weighted by Gasteiger charge is -2.49. The van der Waals surface area contributed by atoms with Gasteiger partial charge in [-0.1, -0.05) is 13.0 Å². The van der Waals surface area contributed by atoms with Crippen LogP contribution < -0.4 is 0 Å². The van der Waals surface area contributed by atoms with Crippen LogP contribution in [0.3, 0.4) is 0 Å². The molecule has 1 N–H and O–H groups in total. The molecule has 0 aromatic carbocycles. The Kier molecular flexibility index (Phi) is 4.91. The molecule has 1 rings (SSSR count). The molecule has 0 aromatic heterocycles. The van der Waals surface area contributed by atoms with E-state index in [1.807, 2.05) is 0 Å². The van der Waals surface area contributed by atoms with Gasteiger partial charge in [0.25, 0.3) is 5.60 Å². The number of carbonyl (C=O) groups is 1. The van der Waals surface area contributed by atoms with Crippen LogP contribution in [0.2, 0.25) is 0 Å². The lowest BCUT2D eigenvalue weighted by atomic mass is 9.71. The highest BCUT2D eigenvalue weighted by Crippen LogP contribution is 2.55. The van der Waals surface area contributed by atoms with Crippen molar-refractivity contribution in [1.29, 1.82) is 0 Å².